The van der Waals surface area contributed by atoms with Gasteiger partial charge in [0.05, 0.1) is 25.8 Å². The number of carbonyl (C=O) groups excluding carboxylic acids is 2. The number of anilines is 1. The molecule has 2 heterocycles. The average molecular weight is 416 g/mol. The average Bonchev–Trinajstić information content (AvgIpc) is 3.09. The van der Waals surface area contributed by atoms with Gasteiger partial charge in [-0.3, -0.25) is 14.5 Å². The van der Waals surface area contributed by atoms with E-state index in [4.69, 9.17) is 9.47 Å². The molecule has 0 unspecified atom stereocenters. The van der Waals surface area contributed by atoms with Gasteiger partial charge in [0.2, 0.25) is 0 Å². The van der Waals surface area contributed by atoms with Crippen molar-refractivity contribution in [3.63, 3.8) is 0 Å². The smallest absolute Gasteiger partial charge is 0.301 e. The predicted octanol–water partition coefficient (Wildman–Crippen LogP) is 3.73. The molecule has 2 aromatic carbocycles. The monoisotopic (exact) mass is 416 g/mol. The van der Waals surface area contributed by atoms with E-state index in [0.717, 1.165) is 0 Å². The highest BCUT2D eigenvalue weighted by atomic mass is 16.5. The van der Waals surface area contributed by atoms with Crippen molar-refractivity contribution in [3.8, 4) is 11.5 Å². The number of pyridine rings is 1. The summed E-state index contributed by atoms with van der Waals surface area (Å²) in [5, 5.41) is 11.1. The van der Waals surface area contributed by atoms with Crippen molar-refractivity contribution in [2.24, 2.45) is 0 Å². The molecule has 0 radical (unpaired) electrons. The Morgan fingerprint density at radius 2 is 1.52 bits per heavy atom. The van der Waals surface area contributed by atoms with Crippen LogP contribution in [0.4, 0.5) is 5.82 Å². The predicted molar refractivity (Wildman–Crippen MR) is 115 cm³/mol. The van der Waals surface area contributed by atoms with Crippen LogP contribution in [0.2, 0.25) is 0 Å². The lowest BCUT2D eigenvalue weighted by Crippen LogP contribution is -2.30. The molecule has 0 aliphatic carbocycles. The summed E-state index contributed by atoms with van der Waals surface area (Å²) >= 11 is 0. The third-order valence-electron chi connectivity index (χ3n) is 5.14. The SMILES string of the molecule is COc1ccc(C(O)=C2C(=O)C(=O)N(c3ccccn3)[C@@H]2c2ccc(OC)cc2)cc1. The molecule has 1 N–H and O–H groups in total. The standard InChI is InChI=1S/C24H20N2O5/c1-30-17-10-6-15(7-11-17)21-20(22(27)16-8-12-18(31-2)13-9-16)23(28)24(29)26(21)19-5-3-4-14-25-19/h3-14,21,27H,1-2H3/t21-/m1/s1. The number of aliphatic hydroxyl groups is 1. The highest BCUT2D eigenvalue weighted by Crippen LogP contribution is 2.41. The van der Waals surface area contributed by atoms with Crippen LogP contribution in [0.1, 0.15) is 17.2 Å². The second-order valence-corrected chi connectivity index (χ2v) is 6.86. The van der Waals surface area contributed by atoms with Gasteiger partial charge in [-0.15, -0.1) is 0 Å². The van der Waals surface area contributed by atoms with Gasteiger partial charge in [0.15, 0.2) is 0 Å². The maximum Gasteiger partial charge on any atom is 0.301 e. The van der Waals surface area contributed by atoms with Crippen LogP contribution >= 0.6 is 0 Å². The molecule has 1 aliphatic heterocycles. The van der Waals surface area contributed by atoms with Crippen molar-refractivity contribution in [2.45, 2.75) is 6.04 Å². The second-order valence-electron chi connectivity index (χ2n) is 6.86. The number of methoxy groups -OCH3 is 2. The fourth-order valence-electron chi connectivity index (χ4n) is 3.57. The molecule has 7 heteroatoms. The highest BCUT2D eigenvalue weighted by molar-refractivity contribution is 6.51. The summed E-state index contributed by atoms with van der Waals surface area (Å²) in [5.41, 5.74) is 1.03. The number of rotatable bonds is 5. The topological polar surface area (TPSA) is 89.0 Å². The van der Waals surface area contributed by atoms with E-state index in [1.165, 1.54) is 12.0 Å². The Kier molecular flexibility index (Phi) is 5.41. The number of ether oxygens (including phenoxy) is 2. The minimum absolute atomic E-state index is 0.00835. The molecule has 1 amide bonds. The largest absolute Gasteiger partial charge is 0.507 e. The summed E-state index contributed by atoms with van der Waals surface area (Å²) in [4.78, 5) is 31.6. The van der Waals surface area contributed by atoms with Crippen molar-refractivity contribution in [3.05, 3.63) is 89.6 Å². The summed E-state index contributed by atoms with van der Waals surface area (Å²) < 4.78 is 10.4. The second kappa shape index (κ2) is 8.31. The highest BCUT2D eigenvalue weighted by Gasteiger charge is 2.47. The van der Waals surface area contributed by atoms with Crippen molar-refractivity contribution < 1.29 is 24.2 Å². The molecule has 7 nitrogen and oxygen atoms in total. The maximum absolute atomic E-state index is 13.0. The third kappa shape index (κ3) is 3.61. The summed E-state index contributed by atoms with van der Waals surface area (Å²) in [7, 11) is 3.09. The molecule has 1 fully saturated rings. The summed E-state index contributed by atoms with van der Waals surface area (Å²) in [6.07, 6.45) is 1.54. The van der Waals surface area contributed by atoms with Gasteiger partial charge in [0, 0.05) is 11.8 Å². The molecule has 156 valence electrons. The molecular weight excluding hydrogens is 396 g/mol. The Hall–Kier alpha value is -4.13. The van der Waals surface area contributed by atoms with E-state index in [2.05, 4.69) is 4.98 Å². The van der Waals surface area contributed by atoms with Crippen LogP contribution in [0, 0.1) is 0 Å². The molecule has 1 saturated heterocycles. The van der Waals surface area contributed by atoms with E-state index < -0.39 is 17.7 Å². The van der Waals surface area contributed by atoms with Crippen molar-refractivity contribution in [2.75, 3.05) is 19.1 Å². The van der Waals surface area contributed by atoms with Crippen LogP contribution in [0.3, 0.4) is 0 Å². The Morgan fingerprint density at radius 1 is 0.903 bits per heavy atom. The lowest BCUT2D eigenvalue weighted by molar-refractivity contribution is -0.132. The Morgan fingerprint density at radius 3 is 2.06 bits per heavy atom. The molecule has 1 aromatic heterocycles. The maximum atomic E-state index is 13.0. The first-order valence-electron chi connectivity index (χ1n) is 9.55. The molecule has 1 atom stereocenters. The zero-order valence-electron chi connectivity index (χ0n) is 17.0. The van der Waals surface area contributed by atoms with Gasteiger partial charge in [-0.25, -0.2) is 4.98 Å². The Balaban J connectivity index is 1.90. The van der Waals surface area contributed by atoms with Gasteiger partial charge < -0.3 is 14.6 Å². The fraction of sp³-hybridized carbons (Fsp3) is 0.125. The van der Waals surface area contributed by atoms with E-state index in [-0.39, 0.29) is 11.3 Å². The molecule has 1 aliphatic rings. The van der Waals surface area contributed by atoms with E-state index >= 15 is 0 Å². The van der Waals surface area contributed by atoms with Gasteiger partial charge in [0.1, 0.15) is 23.1 Å². The summed E-state index contributed by atoms with van der Waals surface area (Å²) in [5.74, 6) is -0.236. The fourth-order valence-corrected chi connectivity index (χ4v) is 3.57. The minimum Gasteiger partial charge on any atom is -0.507 e. The number of hydrogen-bond donors (Lipinski definition) is 1. The third-order valence-corrected chi connectivity index (χ3v) is 5.14. The van der Waals surface area contributed by atoms with Gasteiger partial charge in [-0.2, -0.15) is 0 Å². The Labute approximate surface area is 179 Å². The van der Waals surface area contributed by atoms with Gasteiger partial charge >= 0.3 is 5.91 Å². The van der Waals surface area contributed by atoms with E-state index in [1.807, 2.05) is 0 Å². The van der Waals surface area contributed by atoms with Crippen molar-refractivity contribution in [1.82, 2.24) is 4.98 Å². The van der Waals surface area contributed by atoms with Gasteiger partial charge in [-0.05, 0) is 54.1 Å². The van der Waals surface area contributed by atoms with E-state index in [9.17, 15) is 14.7 Å². The number of hydrogen-bond acceptors (Lipinski definition) is 6. The first kappa shape index (κ1) is 20.2. The molecule has 0 spiro atoms. The van der Waals surface area contributed by atoms with E-state index in [1.54, 1.807) is 80.0 Å². The lowest BCUT2D eigenvalue weighted by Gasteiger charge is -2.24. The summed E-state index contributed by atoms with van der Waals surface area (Å²) in [6, 6.07) is 17.9. The molecular formula is C24H20N2O5. The van der Waals surface area contributed by atoms with Crippen LogP contribution < -0.4 is 14.4 Å². The molecule has 3 aromatic rings. The molecule has 0 bridgehead atoms. The van der Waals surface area contributed by atoms with Crippen LogP contribution in [0.15, 0.2) is 78.5 Å². The van der Waals surface area contributed by atoms with Gasteiger partial charge in [0.25, 0.3) is 5.78 Å². The first-order chi connectivity index (χ1) is 15.0. The number of aliphatic hydroxyl groups excluding tert-OH is 1. The van der Waals surface area contributed by atoms with Crippen molar-refractivity contribution >= 4 is 23.3 Å². The van der Waals surface area contributed by atoms with E-state index in [0.29, 0.717) is 28.4 Å². The molecule has 4 rings (SSSR count). The number of Topliss-reactive ketones (excluding diaryl/α,β-unsaturated/α-hetero) is 1. The zero-order chi connectivity index (χ0) is 22.0. The zero-order valence-corrected chi connectivity index (χ0v) is 17.0. The number of ketones is 1. The van der Waals surface area contributed by atoms with Crippen LogP contribution in [0.5, 0.6) is 11.5 Å². The number of carbonyl (C=O) groups is 2. The van der Waals surface area contributed by atoms with Crippen LogP contribution in [0.25, 0.3) is 5.76 Å². The molecule has 0 saturated carbocycles. The number of nitrogens with zero attached hydrogens (tertiary/aromatic N) is 2. The quantitative estimate of drug-likeness (QED) is 0.387. The van der Waals surface area contributed by atoms with Crippen LogP contribution in [-0.4, -0.2) is 36.0 Å². The number of aromatic nitrogens is 1. The summed E-state index contributed by atoms with van der Waals surface area (Å²) in [6.45, 7) is 0. The number of benzene rings is 2. The Bertz CT molecular complexity index is 1140. The van der Waals surface area contributed by atoms with Crippen molar-refractivity contribution in [1.29, 1.82) is 0 Å². The number of amides is 1. The minimum atomic E-state index is -0.845. The normalized spacial score (nSPS) is 17.6. The molecule has 31 heavy (non-hydrogen) atoms. The van der Waals surface area contributed by atoms with Gasteiger partial charge in [-0.1, -0.05) is 18.2 Å². The first-order valence-corrected chi connectivity index (χ1v) is 9.55. The van der Waals surface area contributed by atoms with Crippen LogP contribution in [-0.2, 0) is 9.59 Å². The lowest BCUT2D eigenvalue weighted by atomic mass is 9.95.